The van der Waals surface area contributed by atoms with Crippen LogP contribution in [-0.4, -0.2) is 22.3 Å². The molecule has 0 bridgehead atoms. The van der Waals surface area contributed by atoms with Crippen LogP contribution in [0.15, 0.2) is 30.3 Å². The zero-order chi connectivity index (χ0) is 17.5. The van der Waals surface area contributed by atoms with Crippen LogP contribution >= 0.6 is 0 Å². The number of aryl methyl sites for hydroxylation is 2. The Hall–Kier alpha value is -2.30. The fourth-order valence-electron chi connectivity index (χ4n) is 2.65. The van der Waals surface area contributed by atoms with Gasteiger partial charge in [0.2, 0.25) is 0 Å². The molecule has 2 rings (SSSR count). The van der Waals surface area contributed by atoms with Crippen molar-refractivity contribution < 1.29 is 9.53 Å². The number of benzene rings is 1. The van der Waals surface area contributed by atoms with E-state index in [1.807, 2.05) is 37.3 Å². The van der Waals surface area contributed by atoms with E-state index in [-0.39, 0.29) is 11.9 Å². The van der Waals surface area contributed by atoms with Crippen LogP contribution in [0.4, 0.5) is 0 Å². The molecule has 0 saturated carbocycles. The number of carbonyl (C=O) groups is 1. The Labute approximate surface area is 144 Å². The van der Waals surface area contributed by atoms with Gasteiger partial charge in [-0.15, -0.1) is 0 Å². The molecule has 130 valence electrons. The number of ether oxygens (including phenoxy) is 1. The highest BCUT2D eigenvalue weighted by Gasteiger charge is 2.18. The van der Waals surface area contributed by atoms with Crippen LogP contribution in [0, 0.1) is 0 Å². The first kappa shape index (κ1) is 18.0. The lowest BCUT2D eigenvalue weighted by molar-refractivity contribution is 0.0930. The van der Waals surface area contributed by atoms with Gasteiger partial charge in [-0.25, -0.2) is 0 Å². The zero-order valence-electron chi connectivity index (χ0n) is 15.0. The predicted octanol–water partition coefficient (Wildman–Crippen LogP) is 3.65. The number of nitrogens with zero attached hydrogens (tertiary/aromatic N) is 2. The molecular formula is C19H27N3O2. The molecule has 0 aliphatic heterocycles. The first-order valence-corrected chi connectivity index (χ1v) is 8.62. The molecule has 1 aromatic carbocycles. The Kier molecular flexibility index (Phi) is 6.41. The molecule has 1 aromatic heterocycles. The van der Waals surface area contributed by atoms with Crippen LogP contribution in [0.3, 0.4) is 0 Å². The largest absolute Gasteiger partial charge is 0.493 e. The second-order valence-electron chi connectivity index (χ2n) is 5.98. The van der Waals surface area contributed by atoms with Crippen LogP contribution in [0.1, 0.15) is 61.4 Å². The summed E-state index contributed by atoms with van der Waals surface area (Å²) in [4.78, 5) is 12.6. The summed E-state index contributed by atoms with van der Waals surface area (Å²) in [7, 11) is 1.80. The van der Waals surface area contributed by atoms with E-state index in [1.165, 1.54) is 0 Å². The Bertz CT molecular complexity index is 679. The molecular weight excluding hydrogens is 302 g/mol. The van der Waals surface area contributed by atoms with E-state index in [2.05, 4.69) is 24.3 Å². The minimum atomic E-state index is -0.143. The maximum Gasteiger partial charge on any atom is 0.270 e. The summed E-state index contributed by atoms with van der Waals surface area (Å²) in [6.07, 6.45) is 2.84. The van der Waals surface area contributed by atoms with Crippen molar-refractivity contribution in [2.75, 3.05) is 6.61 Å². The molecule has 24 heavy (non-hydrogen) atoms. The topological polar surface area (TPSA) is 56.1 Å². The summed E-state index contributed by atoms with van der Waals surface area (Å²) in [5.41, 5.74) is 2.51. The number of amides is 1. The van der Waals surface area contributed by atoms with Gasteiger partial charge in [0.1, 0.15) is 11.4 Å². The van der Waals surface area contributed by atoms with E-state index in [4.69, 9.17) is 4.74 Å². The van der Waals surface area contributed by atoms with Gasteiger partial charge in [0.15, 0.2) is 0 Å². The summed E-state index contributed by atoms with van der Waals surface area (Å²) in [5.74, 6) is 0.703. The molecule has 0 spiro atoms. The molecule has 0 aliphatic rings. The molecule has 0 unspecified atom stereocenters. The second-order valence-corrected chi connectivity index (χ2v) is 5.98. The Morgan fingerprint density at radius 2 is 2.04 bits per heavy atom. The summed E-state index contributed by atoms with van der Waals surface area (Å²) in [6, 6.07) is 9.56. The van der Waals surface area contributed by atoms with Crippen molar-refractivity contribution in [2.24, 2.45) is 7.05 Å². The molecule has 1 heterocycles. The van der Waals surface area contributed by atoms with Gasteiger partial charge in [0, 0.05) is 12.6 Å². The molecule has 2 aromatic rings. The van der Waals surface area contributed by atoms with Crippen molar-refractivity contribution in [1.29, 1.82) is 0 Å². The SMILES string of the molecule is CCCOc1ccccc1[C@H](C)NC(=O)c1cc(CCC)nn1C. The lowest BCUT2D eigenvalue weighted by atomic mass is 10.1. The number of hydrogen-bond donors (Lipinski definition) is 1. The maximum atomic E-state index is 12.6. The molecule has 5 heteroatoms. The smallest absolute Gasteiger partial charge is 0.270 e. The van der Waals surface area contributed by atoms with E-state index in [0.717, 1.165) is 36.3 Å². The zero-order valence-corrected chi connectivity index (χ0v) is 15.0. The molecule has 0 radical (unpaired) electrons. The second kappa shape index (κ2) is 8.52. The molecule has 1 amide bonds. The Balaban J connectivity index is 2.11. The lowest BCUT2D eigenvalue weighted by Gasteiger charge is -2.18. The van der Waals surface area contributed by atoms with Crippen LogP contribution in [0.2, 0.25) is 0 Å². The number of para-hydroxylation sites is 1. The minimum absolute atomic E-state index is 0.120. The third-order valence-electron chi connectivity index (χ3n) is 3.86. The number of nitrogens with one attached hydrogen (secondary N) is 1. The van der Waals surface area contributed by atoms with Gasteiger partial charge in [-0.3, -0.25) is 9.48 Å². The lowest BCUT2D eigenvalue weighted by Crippen LogP contribution is -2.28. The minimum Gasteiger partial charge on any atom is -0.493 e. The van der Waals surface area contributed by atoms with Crippen molar-refractivity contribution in [3.8, 4) is 5.75 Å². The average molecular weight is 329 g/mol. The van der Waals surface area contributed by atoms with E-state index >= 15 is 0 Å². The van der Waals surface area contributed by atoms with E-state index in [9.17, 15) is 4.79 Å². The van der Waals surface area contributed by atoms with Gasteiger partial charge in [-0.2, -0.15) is 5.10 Å². The molecule has 1 atom stereocenters. The van der Waals surface area contributed by atoms with Gasteiger partial charge >= 0.3 is 0 Å². The van der Waals surface area contributed by atoms with E-state index in [0.29, 0.717) is 12.3 Å². The Morgan fingerprint density at radius 3 is 2.75 bits per heavy atom. The van der Waals surface area contributed by atoms with Crippen LogP contribution in [0.5, 0.6) is 5.75 Å². The Morgan fingerprint density at radius 1 is 1.29 bits per heavy atom. The average Bonchev–Trinajstić information content (AvgIpc) is 2.94. The first-order chi connectivity index (χ1) is 11.6. The predicted molar refractivity (Wildman–Crippen MR) is 95.3 cm³/mol. The molecule has 0 fully saturated rings. The fraction of sp³-hybridized carbons (Fsp3) is 0.474. The number of rotatable bonds is 8. The fourth-order valence-corrected chi connectivity index (χ4v) is 2.65. The van der Waals surface area contributed by atoms with Gasteiger partial charge in [0.25, 0.3) is 5.91 Å². The summed E-state index contributed by atoms with van der Waals surface area (Å²) in [5, 5.41) is 7.44. The molecule has 0 saturated heterocycles. The van der Waals surface area contributed by atoms with Crippen molar-refractivity contribution in [3.05, 3.63) is 47.3 Å². The first-order valence-electron chi connectivity index (χ1n) is 8.62. The highest BCUT2D eigenvalue weighted by molar-refractivity contribution is 5.93. The number of carbonyl (C=O) groups excluding carboxylic acids is 1. The van der Waals surface area contributed by atoms with Gasteiger partial charge in [-0.1, -0.05) is 38.5 Å². The van der Waals surface area contributed by atoms with Crippen molar-refractivity contribution in [1.82, 2.24) is 15.1 Å². The summed E-state index contributed by atoms with van der Waals surface area (Å²) >= 11 is 0. The van der Waals surface area contributed by atoms with Crippen molar-refractivity contribution in [3.63, 3.8) is 0 Å². The van der Waals surface area contributed by atoms with Crippen LogP contribution in [0.25, 0.3) is 0 Å². The van der Waals surface area contributed by atoms with Crippen molar-refractivity contribution in [2.45, 2.75) is 46.1 Å². The summed E-state index contributed by atoms with van der Waals surface area (Å²) in [6.45, 7) is 6.81. The molecule has 0 aliphatic carbocycles. The third-order valence-corrected chi connectivity index (χ3v) is 3.86. The van der Waals surface area contributed by atoms with Crippen molar-refractivity contribution >= 4 is 5.91 Å². The van der Waals surface area contributed by atoms with Gasteiger partial charge in [-0.05, 0) is 31.9 Å². The monoisotopic (exact) mass is 329 g/mol. The van der Waals surface area contributed by atoms with E-state index < -0.39 is 0 Å². The highest BCUT2D eigenvalue weighted by atomic mass is 16.5. The van der Waals surface area contributed by atoms with E-state index in [1.54, 1.807) is 11.7 Å². The van der Waals surface area contributed by atoms with Gasteiger partial charge < -0.3 is 10.1 Å². The number of hydrogen-bond acceptors (Lipinski definition) is 3. The normalized spacial score (nSPS) is 12.0. The standard InChI is InChI=1S/C19H27N3O2/c1-5-9-15-13-17(22(4)21-15)19(23)20-14(3)16-10-7-8-11-18(16)24-12-6-2/h7-8,10-11,13-14H,5-6,9,12H2,1-4H3,(H,20,23)/t14-/m0/s1. The van der Waals surface area contributed by atoms with Gasteiger partial charge in [0.05, 0.1) is 18.3 Å². The van der Waals surface area contributed by atoms with Crippen LogP contribution in [-0.2, 0) is 13.5 Å². The maximum absolute atomic E-state index is 12.6. The third kappa shape index (κ3) is 4.37. The quantitative estimate of drug-likeness (QED) is 0.804. The van der Waals surface area contributed by atoms with Crippen LogP contribution < -0.4 is 10.1 Å². The highest BCUT2D eigenvalue weighted by Crippen LogP contribution is 2.25. The number of aromatic nitrogens is 2. The molecule has 1 N–H and O–H groups in total. The molecule has 5 nitrogen and oxygen atoms in total. The summed E-state index contributed by atoms with van der Waals surface area (Å²) < 4.78 is 7.43.